The Morgan fingerprint density at radius 1 is 1.17 bits per heavy atom. The second-order valence-electron chi connectivity index (χ2n) is 6.55. The van der Waals surface area contributed by atoms with Crippen LogP contribution in [-0.2, 0) is 6.42 Å². The van der Waals surface area contributed by atoms with E-state index in [1.807, 2.05) is 19.9 Å². The first-order valence-electron chi connectivity index (χ1n) is 7.46. The van der Waals surface area contributed by atoms with Crippen LogP contribution in [0.1, 0.15) is 46.8 Å². The molecule has 122 valence electrons. The van der Waals surface area contributed by atoms with E-state index in [0.29, 0.717) is 11.1 Å². The van der Waals surface area contributed by atoms with Crippen LogP contribution in [0.5, 0.6) is 0 Å². The molecule has 0 spiro atoms. The highest BCUT2D eigenvalue weighted by Crippen LogP contribution is 2.47. The van der Waals surface area contributed by atoms with E-state index in [0.717, 1.165) is 16.7 Å². The van der Waals surface area contributed by atoms with Gasteiger partial charge < -0.3 is 5.11 Å². The SMILES string of the molecule is Cc1cc2c3c(ccc(C(C)C)cc1-3)CC(O)(C(F)(F)F)C2=O. The molecule has 1 N–H and O–H groups in total. The van der Waals surface area contributed by atoms with Crippen LogP contribution in [0.15, 0.2) is 24.3 Å². The summed E-state index contributed by atoms with van der Waals surface area (Å²) >= 11 is 0. The monoisotopic (exact) mass is 322 g/mol. The summed E-state index contributed by atoms with van der Waals surface area (Å²) in [6.07, 6.45) is -5.75. The molecule has 0 amide bonds. The zero-order valence-corrected chi connectivity index (χ0v) is 13.1. The predicted molar refractivity (Wildman–Crippen MR) is 80.9 cm³/mol. The fourth-order valence-corrected chi connectivity index (χ4v) is 3.23. The summed E-state index contributed by atoms with van der Waals surface area (Å²) in [7, 11) is 0. The third-order valence-electron chi connectivity index (χ3n) is 4.64. The van der Waals surface area contributed by atoms with Gasteiger partial charge in [0.1, 0.15) is 0 Å². The molecular formula is C18H17F3O2. The molecule has 1 atom stereocenters. The van der Waals surface area contributed by atoms with Gasteiger partial charge in [-0.25, -0.2) is 0 Å². The molecule has 5 heteroatoms. The second kappa shape index (κ2) is 4.81. The first-order chi connectivity index (χ1) is 10.6. The van der Waals surface area contributed by atoms with E-state index in [4.69, 9.17) is 0 Å². The summed E-state index contributed by atoms with van der Waals surface area (Å²) in [5.41, 5.74) is 0.00843. The van der Waals surface area contributed by atoms with Crippen molar-refractivity contribution in [2.45, 2.75) is 44.9 Å². The van der Waals surface area contributed by atoms with Gasteiger partial charge in [-0.1, -0.05) is 32.0 Å². The van der Waals surface area contributed by atoms with Crippen LogP contribution in [0.4, 0.5) is 13.2 Å². The molecule has 3 aliphatic rings. The maximum Gasteiger partial charge on any atom is 0.425 e. The third kappa shape index (κ3) is 2.17. The van der Waals surface area contributed by atoms with Crippen LogP contribution in [0.3, 0.4) is 0 Å². The van der Waals surface area contributed by atoms with E-state index in [1.165, 1.54) is 6.07 Å². The van der Waals surface area contributed by atoms with Gasteiger partial charge >= 0.3 is 6.18 Å². The quantitative estimate of drug-likeness (QED) is 0.852. The summed E-state index contributed by atoms with van der Waals surface area (Å²) in [4.78, 5) is 12.3. The van der Waals surface area contributed by atoms with E-state index >= 15 is 0 Å². The van der Waals surface area contributed by atoms with Crippen molar-refractivity contribution >= 4 is 5.78 Å². The van der Waals surface area contributed by atoms with Gasteiger partial charge in [-0.2, -0.15) is 13.2 Å². The van der Waals surface area contributed by atoms with Gasteiger partial charge in [0.2, 0.25) is 11.4 Å². The van der Waals surface area contributed by atoms with E-state index in [2.05, 4.69) is 0 Å². The highest BCUT2D eigenvalue weighted by molar-refractivity contribution is 6.12. The summed E-state index contributed by atoms with van der Waals surface area (Å²) < 4.78 is 39.9. The lowest BCUT2D eigenvalue weighted by Gasteiger charge is -2.32. The van der Waals surface area contributed by atoms with Crippen LogP contribution in [0.2, 0.25) is 0 Å². The van der Waals surface area contributed by atoms with Crippen molar-refractivity contribution in [3.05, 3.63) is 46.5 Å². The maximum absolute atomic E-state index is 13.3. The minimum Gasteiger partial charge on any atom is -0.374 e. The highest BCUT2D eigenvalue weighted by Gasteiger charge is 2.61. The van der Waals surface area contributed by atoms with Gasteiger partial charge in [-0.05, 0) is 46.7 Å². The standard InChI is InChI=1S/C18H17F3O2/c1-9(2)11-4-5-12-8-17(23,18(19,20)21)16(22)14-6-10(3)13(7-11)15(12)14/h4-7,9,23H,8H2,1-3H3. The number of aliphatic hydroxyl groups is 1. The molecule has 0 heterocycles. The number of Topliss-reactive ketones (excluding diaryl/α,β-unsaturated/α-hetero) is 1. The molecule has 0 aromatic heterocycles. The summed E-state index contributed by atoms with van der Waals surface area (Å²) in [5, 5.41) is 10.1. The maximum atomic E-state index is 13.3. The van der Waals surface area contributed by atoms with Gasteiger partial charge in [0, 0.05) is 12.0 Å². The van der Waals surface area contributed by atoms with Crippen molar-refractivity contribution in [2.75, 3.05) is 0 Å². The number of aryl methyl sites for hydroxylation is 1. The summed E-state index contributed by atoms with van der Waals surface area (Å²) in [6, 6.07) is 6.75. The molecule has 0 radical (unpaired) electrons. The molecule has 3 aliphatic carbocycles. The zero-order chi connectivity index (χ0) is 17.2. The normalized spacial score (nSPS) is 21.3. The van der Waals surface area contributed by atoms with E-state index in [-0.39, 0.29) is 11.5 Å². The molecule has 0 saturated carbocycles. The number of carbonyl (C=O) groups is 1. The number of alkyl halides is 3. The van der Waals surface area contributed by atoms with Crippen molar-refractivity contribution in [3.8, 4) is 11.1 Å². The number of hydrogen-bond donors (Lipinski definition) is 1. The minimum atomic E-state index is -5.01. The van der Waals surface area contributed by atoms with E-state index in [1.54, 1.807) is 19.1 Å². The lowest BCUT2D eigenvalue weighted by molar-refractivity contribution is -0.236. The zero-order valence-electron chi connectivity index (χ0n) is 13.1. The Balaban J connectivity index is 2.31. The van der Waals surface area contributed by atoms with Crippen LogP contribution in [0, 0.1) is 6.92 Å². The molecule has 0 aromatic rings. The highest BCUT2D eigenvalue weighted by atomic mass is 19.4. The number of rotatable bonds is 1. The summed E-state index contributed by atoms with van der Waals surface area (Å²) in [5.74, 6) is -1.05. The fraction of sp³-hybridized carbons (Fsp3) is 0.389. The van der Waals surface area contributed by atoms with Crippen LogP contribution >= 0.6 is 0 Å². The first-order valence-corrected chi connectivity index (χ1v) is 7.46. The Kier molecular flexibility index (Phi) is 3.34. The molecule has 0 aromatic carbocycles. The van der Waals surface area contributed by atoms with Crippen LogP contribution in [0.25, 0.3) is 11.1 Å². The van der Waals surface area contributed by atoms with Gasteiger partial charge in [0.15, 0.2) is 0 Å². The summed E-state index contributed by atoms with van der Waals surface area (Å²) in [6.45, 7) is 5.76. The van der Waals surface area contributed by atoms with Crippen molar-refractivity contribution in [1.29, 1.82) is 0 Å². The second-order valence-corrected chi connectivity index (χ2v) is 6.55. The Labute approximate surface area is 132 Å². The number of carbonyl (C=O) groups excluding carboxylic acids is 1. The molecule has 2 nitrogen and oxygen atoms in total. The fourth-order valence-electron chi connectivity index (χ4n) is 3.23. The molecule has 1 unspecified atom stereocenters. The van der Waals surface area contributed by atoms with Crippen molar-refractivity contribution in [1.82, 2.24) is 0 Å². The van der Waals surface area contributed by atoms with Crippen molar-refractivity contribution in [2.24, 2.45) is 0 Å². The number of halogens is 3. The van der Waals surface area contributed by atoms with E-state index in [9.17, 15) is 23.1 Å². The van der Waals surface area contributed by atoms with Gasteiger partial charge in [0.25, 0.3) is 0 Å². The molecule has 0 aliphatic heterocycles. The first kappa shape index (κ1) is 16.0. The van der Waals surface area contributed by atoms with Crippen molar-refractivity contribution < 1.29 is 23.1 Å². The molecule has 0 fully saturated rings. The van der Waals surface area contributed by atoms with Crippen LogP contribution < -0.4 is 0 Å². The van der Waals surface area contributed by atoms with E-state index < -0.39 is 24.0 Å². The third-order valence-corrected chi connectivity index (χ3v) is 4.64. The lowest BCUT2D eigenvalue weighted by Crippen LogP contribution is -2.55. The Morgan fingerprint density at radius 2 is 1.83 bits per heavy atom. The average molecular weight is 322 g/mol. The Hall–Kier alpha value is -1.88. The van der Waals surface area contributed by atoms with Gasteiger partial charge in [0.05, 0.1) is 0 Å². The molecule has 0 bridgehead atoms. The molecular weight excluding hydrogens is 305 g/mol. The van der Waals surface area contributed by atoms with Crippen molar-refractivity contribution in [3.63, 3.8) is 0 Å². The van der Waals surface area contributed by atoms with Gasteiger partial charge in [-0.15, -0.1) is 0 Å². The van der Waals surface area contributed by atoms with Gasteiger partial charge in [-0.3, -0.25) is 4.79 Å². The topological polar surface area (TPSA) is 37.3 Å². The number of hydrogen-bond acceptors (Lipinski definition) is 2. The lowest BCUT2D eigenvalue weighted by atomic mass is 9.78. The predicted octanol–water partition coefficient (Wildman–Crippen LogP) is 4.26. The van der Waals surface area contributed by atoms with Crippen LogP contribution in [-0.4, -0.2) is 22.7 Å². The Bertz CT molecular complexity index is 777. The molecule has 0 saturated heterocycles. The average Bonchev–Trinajstić information content (AvgIpc) is 2.64. The minimum absolute atomic E-state index is 0.0375. The smallest absolute Gasteiger partial charge is 0.374 e. The molecule has 23 heavy (non-hydrogen) atoms. The molecule has 3 rings (SSSR count). The largest absolute Gasteiger partial charge is 0.425 e. The Morgan fingerprint density at radius 3 is 2.39 bits per heavy atom. The number of ketones is 1.